The number of amides is 1. The third-order valence-corrected chi connectivity index (χ3v) is 4.39. The van der Waals surface area contributed by atoms with Gasteiger partial charge in [0.1, 0.15) is 5.75 Å². The van der Waals surface area contributed by atoms with Gasteiger partial charge in [0.05, 0.1) is 24.1 Å². The second-order valence-electron chi connectivity index (χ2n) is 6.44. The van der Waals surface area contributed by atoms with Crippen LogP contribution >= 0.6 is 0 Å². The molecule has 8 heteroatoms. The fourth-order valence-electron chi connectivity index (χ4n) is 2.89. The fourth-order valence-corrected chi connectivity index (χ4v) is 2.89. The Morgan fingerprint density at radius 2 is 1.93 bits per heavy atom. The van der Waals surface area contributed by atoms with Gasteiger partial charge in [0.2, 0.25) is 11.7 Å². The molecule has 1 N–H and O–H groups in total. The predicted octanol–water partition coefficient (Wildman–Crippen LogP) is 3.80. The van der Waals surface area contributed by atoms with Crippen molar-refractivity contribution in [3.05, 3.63) is 71.9 Å². The van der Waals surface area contributed by atoms with Crippen LogP contribution < -0.4 is 10.1 Å². The van der Waals surface area contributed by atoms with E-state index in [0.717, 1.165) is 11.3 Å². The van der Waals surface area contributed by atoms with Gasteiger partial charge in [-0.25, -0.2) is 4.68 Å². The normalized spacial score (nSPS) is 10.7. The van der Waals surface area contributed by atoms with Crippen molar-refractivity contribution in [2.75, 3.05) is 12.4 Å². The smallest absolute Gasteiger partial charge is 0.259 e. The second-order valence-corrected chi connectivity index (χ2v) is 6.44. The fraction of sp³-hybridized carbons (Fsp3) is 0.143. The number of nitrogens with one attached hydrogen (secondary N) is 1. The Kier molecular flexibility index (Phi) is 4.82. The summed E-state index contributed by atoms with van der Waals surface area (Å²) in [6.07, 6.45) is 1.71. The van der Waals surface area contributed by atoms with E-state index >= 15 is 0 Å². The highest BCUT2D eigenvalue weighted by Gasteiger charge is 2.15. The number of carbonyl (C=O) groups excluding carboxylic acids is 1. The number of benzene rings is 2. The lowest BCUT2D eigenvalue weighted by Crippen LogP contribution is -2.12. The Hall–Kier alpha value is -3.94. The molecular formula is C21H19N5O3. The van der Waals surface area contributed by atoms with Crippen molar-refractivity contribution >= 4 is 11.6 Å². The highest BCUT2D eigenvalue weighted by molar-refractivity contribution is 6.05. The van der Waals surface area contributed by atoms with Crippen LogP contribution in [0.15, 0.2) is 59.3 Å². The number of anilines is 1. The molecule has 0 bridgehead atoms. The molecule has 4 rings (SSSR count). The van der Waals surface area contributed by atoms with Crippen molar-refractivity contribution in [3.8, 4) is 22.8 Å². The Balaban J connectivity index is 1.55. The summed E-state index contributed by atoms with van der Waals surface area (Å²) in [6.45, 7) is 3.54. The van der Waals surface area contributed by atoms with Crippen molar-refractivity contribution in [1.29, 1.82) is 0 Å². The first-order valence-electron chi connectivity index (χ1n) is 8.96. The average molecular weight is 389 g/mol. The number of aromatic nitrogens is 4. The van der Waals surface area contributed by atoms with Crippen LogP contribution in [0.4, 0.5) is 5.69 Å². The molecule has 0 spiro atoms. The monoisotopic (exact) mass is 389 g/mol. The molecule has 2 aromatic heterocycles. The van der Waals surface area contributed by atoms with E-state index in [1.807, 2.05) is 36.4 Å². The molecule has 0 unspecified atom stereocenters. The van der Waals surface area contributed by atoms with Gasteiger partial charge >= 0.3 is 0 Å². The SMILES string of the molecule is COc1cccc(NC(=O)c2cn(-c3ccc(-c4noc(C)n4)cc3)nc2C)c1. The van der Waals surface area contributed by atoms with Crippen LogP contribution in [0.1, 0.15) is 21.9 Å². The molecule has 0 aliphatic carbocycles. The summed E-state index contributed by atoms with van der Waals surface area (Å²) in [5, 5.41) is 11.2. The van der Waals surface area contributed by atoms with Crippen LogP contribution in [-0.4, -0.2) is 32.9 Å². The molecule has 146 valence electrons. The van der Waals surface area contributed by atoms with Crippen LogP contribution in [0.25, 0.3) is 17.1 Å². The summed E-state index contributed by atoms with van der Waals surface area (Å²) < 4.78 is 11.9. The Morgan fingerprint density at radius 1 is 1.14 bits per heavy atom. The molecule has 8 nitrogen and oxygen atoms in total. The molecule has 0 aliphatic rings. The molecule has 0 atom stereocenters. The van der Waals surface area contributed by atoms with Crippen LogP contribution in [-0.2, 0) is 0 Å². The number of aryl methyl sites for hydroxylation is 2. The quantitative estimate of drug-likeness (QED) is 0.558. The number of carbonyl (C=O) groups is 1. The van der Waals surface area contributed by atoms with Gasteiger partial charge in [0.15, 0.2) is 0 Å². The van der Waals surface area contributed by atoms with Gasteiger partial charge in [-0.2, -0.15) is 10.1 Å². The first kappa shape index (κ1) is 18.4. The number of hydrogen-bond donors (Lipinski definition) is 1. The Labute approximate surface area is 167 Å². The topological polar surface area (TPSA) is 95.1 Å². The molecule has 2 heterocycles. The van der Waals surface area contributed by atoms with Crippen LogP contribution in [0, 0.1) is 13.8 Å². The van der Waals surface area contributed by atoms with Gasteiger partial charge in [-0.15, -0.1) is 0 Å². The molecular weight excluding hydrogens is 370 g/mol. The Morgan fingerprint density at radius 3 is 2.62 bits per heavy atom. The molecule has 0 saturated heterocycles. The van der Waals surface area contributed by atoms with Crippen LogP contribution in [0.2, 0.25) is 0 Å². The number of rotatable bonds is 5. The van der Waals surface area contributed by atoms with Crippen molar-refractivity contribution in [1.82, 2.24) is 19.9 Å². The van der Waals surface area contributed by atoms with E-state index in [1.165, 1.54) is 0 Å². The zero-order chi connectivity index (χ0) is 20.4. The van der Waals surface area contributed by atoms with E-state index in [2.05, 4.69) is 20.6 Å². The van der Waals surface area contributed by atoms with Gasteiger partial charge in [-0.1, -0.05) is 11.2 Å². The first-order chi connectivity index (χ1) is 14.0. The molecule has 0 fully saturated rings. The lowest BCUT2D eigenvalue weighted by Gasteiger charge is -2.06. The summed E-state index contributed by atoms with van der Waals surface area (Å²) in [4.78, 5) is 16.9. The summed E-state index contributed by atoms with van der Waals surface area (Å²) in [7, 11) is 1.58. The molecule has 2 aromatic carbocycles. The predicted molar refractivity (Wildman–Crippen MR) is 107 cm³/mol. The van der Waals surface area contributed by atoms with Gasteiger partial charge in [0, 0.05) is 30.4 Å². The lowest BCUT2D eigenvalue weighted by atomic mass is 10.2. The minimum Gasteiger partial charge on any atom is -0.497 e. The van der Waals surface area contributed by atoms with Gasteiger partial charge in [-0.3, -0.25) is 4.79 Å². The van der Waals surface area contributed by atoms with Crippen LogP contribution in [0.5, 0.6) is 5.75 Å². The highest BCUT2D eigenvalue weighted by Crippen LogP contribution is 2.21. The van der Waals surface area contributed by atoms with Crippen molar-refractivity contribution in [2.24, 2.45) is 0 Å². The van der Waals surface area contributed by atoms with Crippen molar-refractivity contribution in [3.63, 3.8) is 0 Å². The first-order valence-corrected chi connectivity index (χ1v) is 8.96. The van der Waals surface area contributed by atoms with E-state index in [0.29, 0.717) is 34.4 Å². The minimum atomic E-state index is -0.235. The number of hydrogen-bond acceptors (Lipinski definition) is 6. The van der Waals surface area contributed by atoms with Gasteiger partial charge < -0.3 is 14.6 Å². The second kappa shape index (κ2) is 7.59. The van der Waals surface area contributed by atoms with Gasteiger partial charge in [0.25, 0.3) is 5.91 Å². The van der Waals surface area contributed by atoms with E-state index in [4.69, 9.17) is 9.26 Å². The lowest BCUT2D eigenvalue weighted by molar-refractivity contribution is 0.102. The highest BCUT2D eigenvalue weighted by atomic mass is 16.5. The van der Waals surface area contributed by atoms with Crippen molar-refractivity contribution < 1.29 is 14.1 Å². The maximum absolute atomic E-state index is 12.7. The number of methoxy groups -OCH3 is 1. The maximum Gasteiger partial charge on any atom is 0.259 e. The molecule has 0 radical (unpaired) electrons. The zero-order valence-electron chi connectivity index (χ0n) is 16.2. The van der Waals surface area contributed by atoms with E-state index in [1.54, 1.807) is 44.0 Å². The maximum atomic E-state index is 12.7. The number of nitrogens with zero attached hydrogens (tertiary/aromatic N) is 4. The minimum absolute atomic E-state index is 0.235. The van der Waals surface area contributed by atoms with E-state index < -0.39 is 0 Å². The standard InChI is InChI=1S/C21H19N5O3/c1-13-19(21(27)23-16-5-4-6-18(11-16)28-3)12-26(24-13)17-9-7-15(8-10-17)20-22-14(2)29-25-20/h4-12H,1-3H3,(H,23,27). The van der Waals surface area contributed by atoms with Gasteiger partial charge in [-0.05, 0) is 43.3 Å². The Bertz CT molecular complexity index is 1160. The molecule has 4 aromatic rings. The summed E-state index contributed by atoms with van der Waals surface area (Å²) in [5.74, 6) is 1.48. The molecule has 1 amide bonds. The average Bonchev–Trinajstić information content (AvgIpc) is 3.34. The third-order valence-electron chi connectivity index (χ3n) is 4.39. The van der Waals surface area contributed by atoms with E-state index in [-0.39, 0.29) is 5.91 Å². The van der Waals surface area contributed by atoms with Crippen molar-refractivity contribution in [2.45, 2.75) is 13.8 Å². The zero-order valence-corrected chi connectivity index (χ0v) is 16.2. The summed E-state index contributed by atoms with van der Waals surface area (Å²) in [5.41, 5.74) is 3.43. The largest absolute Gasteiger partial charge is 0.497 e. The summed E-state index contributed by atoms with van der Waals surface area (Å²) >= 11 is 0. The molecule has 29 heavy (non-hydrogen) atoms. The van der Waals surface area contributed by atoms with E-state index in [9.17, 15) is 4.79 Å². The van der Waals surface area contributed by atoms with Crippen LogP contribution in [0.3, 0.4) is 0 Å². The summed E-state index contributed by atoms with van der Waals surface area (Å²) in [6, 6.07) is 14.7. The molecule has 0 aliphatic heterocycles. The number of ether oxygens (including phenoxy) is 1. The third kappa shape index (κ3) is 3.86. The molecule has 0 saturated carbocycles.